The predicted molar refractivity (Wildman–Crippen MR) is 97.7 cm³/mol. The number of nitrogens with one attached hydrogen (secondary N) is 2. The van der Waals surface area contributed by atoms with Crippen LogP contribution in [0.25, 0.3) is 0 Å². The predicted octanol–water partition coefficient (Wildman–Crippen LogP) is 4.78. The van der Waals surface area contributed by atoms with Gasteiger partial charge in [0.2, 0.25) is 0 Å². The molecule has 0 saturated heterocycles. The van der Waals surface area contributed by atoms with E-state index >= 15 is 0 Å². The molecule has 0 aliphatic carbocycles. The van der Waals surface area contributed by atoms with Crippen LogP contribution in [0.4, 0.5) is 21.6 Å². The summed E-state index contributed by atoms with van der Waals surface area (Å²) < 4.78 is 13.2. The Bertz CT molecular complexity index is 878. The average Bonchev–Trinajstić information content (AvgIpc) is 2.64. The fourth-order valence-electron chi connectivity index (χ4n) is 2.46. The molecule has 0 aliphatic heterocycles. The van der Waals surface area contributed by atoms with Gasteiger partial charge in [-0.25, -0.2) is 9.37 Å². The Morgan fingerprint density at radius 2 is 1.92 bits per heavy atom. The first-order valence-corrected chi connectivity index (χ1v) is 8.03. The second-order valence-corrected chi connectivity index (χ2v) is 5.53. The molecule has 0 aliphatic rings. The van der Waals surface area contributed by atoms with Gasteiger partial charge in [0.05, 0.1) is 11.9 Å². The number of anilines is 3. The Labute approximate surface area is 145 Å². The molecular weight excluding hydrogens is 317 g/mol. The molecule has 0 bridgehead atoms. The molecule has 0 unspecified atom stereocenters. The van der Waals surface area contributed by atoms with Gasteiger partial charge in [-0.1, -0.05) is 31.2 Å². The first-order chi connectivity index (χ1) is 12.2. The summed E-state index contributed by atoms with van der Waals surface area (Å²) in [6.45, 7) is 2.10. The molecule has 126 valence electrons. The highest BCUT2D eigenvalue weighted by molar-refractivity contribution is 6.04. The standard InChI is InChI=1S/C20H18FN3O/c1-2-14-6-3-4-9-18(14)24-19-11-10-17(13-22-19)23-20(25)15-7-5-8-16(21)12-15/h3-13H,2H2,1H3,(H,22,24)(H,23,25). The maximum atomic E-state index is 13.2. The summed E-state index contributed by atoms with van der Waals surface area (Å²) in [7, 11) is 0. The Morgan fingerprint density at radius 3 is 2.64 bits per heavy atom. The molecule has 25 heavy (non-hydrogen) atoms. The third kappa shape index (κ3) is 4.20. The number of carbonyl (C=O) groups excluding carboxylic acids is 1. The zero-order valence-corrected chi connectivity index (χ0v) is 13.8. The van der Waals surface area contributed by atoms with Crippen LogP contribution in [0.2, 0.25) is 0 Å². The minimum absolute atomic E-state index is 0.263. The monoisotopic (exact) mass is 335 g/mol. The molecule has 2 N–H and O–H groups in total. The number of para-hydroxylation sites is 1. The van der Waals surface area contributed by atoms with Crippen LogP contribution < -0.4 is 10.6 Å². The fraction of sp³-hybridized carbons (Fsp3) is 0.100. The normalized spacial score (nSPS) is 10.3. The van der Waals surface area contributed by atoms with Crippen LogP contribution in [-0.4, -0.2) is 10.9 Å². The number of hydrogen-bond acceptors (Lipinski definition) is 3. The molecule has 0 saturated carbocycles. The zero-order valence-electron chi connectivity index (χ0n) is 13.8. The molecule has 1 aromatic heterocycles. The van der Waals surface area contributed by atoms with Crippen molar-refractivity contribution in [1.82, 2.24) is 4.98 Å². The zero-order chi connectivity index (χ0) is 17.6. The lowest BCUT2D eigenvalue weighted by Crippen LogP contribution is -2.12. The topological polar surface area (TPSA) is 54.0 Å². The van der Waals surface area contributed by atoms with Crippen molar-refractivity contribution in [3.63, 3.8) is 0 Å². The smallest absolute Gasteiger partial charge is 0.255 e. The first-order valence-electron chi connectivity index (χ1n) is 8.03. The number of aryl methyl sites for hydroxylation is 1. The molecule has 0 spiro atoms. The van der Waals surface area contributed by atoms with Crippen LogP contribution in [-0.2, 0) is 6.42 Å². The van der Waals surface area contributed by atoms with Gasteiger partial charge < -0.3 is 10.6 Å². The van der Waals surface area contributed by atoms with Crippen molar-refractivity contribution in [2.45, 2.75) is 13.3 Å². The molecule has 4 nitrogen and oxygen atoms in total. The van der Waals surface area contributed by atoms with Crippen LogP contribution in [0.15, 0.2) is 66.9 Å². The summed E-state index contributed by atoms with van der Waals surface area (Å²) in [6.07, 6.45) is 2.49. The lowest BCUT2D eigenvalue weighted by atomic mass is 10.1. The Kier molecular flexibility index (Phi) is 5.04. The molecule has 1 amide bonds. The maximum absolute atomic E-state index is 13.2. The van der Waals surface area contributed by atoms with Gasteiger partial charge in [0.1, 0.15) is 11.6 Å². The van der Waals surface area contributed by atoms with Crippen molar-refractivity contribution >= 4 is 23.1 Å². The van der Waals surface area contributed by atoms with Gasteiger partial charge >= 0.3 is 0 Å². The number of aromatic nitrogens is 1. The number of benzene rings is 2. The molecule has 0 fully saturated rings. The maximum Gasteiger partial charge on any atom is 0.255 e. The molecule has 5 heteroatoms. The van der Waals surface area contributed by atoms with Crippen molar-refractivity contribution in [2.75, 3.05) is 10.6 Å². The lowest BCUT2D eigenvalue weighted by Gasteiger charge is -2.11. The van der Waals surface area contributed by atoms with Crippen molar-refractivity contribution in [3.05, 3.63) is 83.8 Å². The number of pyridine rings is 1. The molecule has 3 aromatic rings. The number of hydrogen-bond donors (Lipinski definition) is 2. The van der Waals surface area contributed by atoms with E-state index in [0.29, 0.717) is 11.5 Å². The van der Waals surface area contributed by atoms with Gasteiger partial charge in [-0.2, -0.15) is 0 Å². The average molecular weight is 335 g/mol. The molecule has 0 atom stereocenters. The summed E-state index contributed by atoms with van der Waals surface area (Å²) >= 11 is 0. The fourth-order valence-corrected chi connectivity index (χ4v) is 2.46. The minimum Gasteiger partial charge on any atom is -0.340 e. The number of carbonyl (C=O) groups is 1. The van der Waals surface area contributed by atoms with E-state index in [1.54, 1.807) is 24.4 Å². The third-order valence-electron chi connectivity index (χ3n) is 3.77. The summed E-state index contributed by atoms with van der Waals surface area (Å²) in [6, 6.07) is 17.1. The summed E-state index contributed by atoms with van der Waals surface area (Å²) in [5.41, 5.74) is 3.02. The van der Waals surface area contributed by atoms with Crippen molar-refractivity contribution in [1.29, 1.82) is 0 Å². The molecule has 0 radical (unpaired) electrons. The van der Waals surface area contributed by atoms with E-state index in [1.807, 2.05) is 18.2 Å². The molecule has 1 heterocycles. The highest BCUT2D eigenvalue weighted by Crippen LogP contribution is 2.21. The van der Waals surface area contributed by atoms with E-state index < -0.39 is 5.82 Å². The summed E-state index contributed by atoms with van der Waals surface area (Å²) in [5, 5.41) is 5.97. The van der Waals surface area contributed by atoms with Gasteiger partial charge in [0.15, 0.2) is 0 Å². The highest BCUT2D eigenvalue weighted by atomic mass is 19.1. The quantitative estimate of drug-likeness (QED) is 0.705. The van der Waals surface area contributed by atoms with E-state index in [-0.39, 0.29) is 11.5 Å². The van der Waals surface area contributed by atoms with Crippen LogP contribution in [0.1, 0.15) is 22.8 Å². The Balaban J connectivity index is 1.69. The Morgan fingerprint density at radius 1 is 1.08 bits per heavy atom. The number of amides is 1. The number of halogens is 1. The number of nitrogens with zero attached hydrogens (tertiary/aromatic N) is 1. The van der Waals surface area contributed by atoms with E-state index in [0.717, 1.165) is 12.1 Å². The van der Waals surface area contributed by atoms with Crippen molar-refractivity contribution in [2.24, 2.45) is 0 Å². The number of rotatable bonds is 5. The summed E-state index contributed by atoms with van der Waals surface area (Å²) in [4.78, 5) is 16.4. The third-order valence-corrected chi connectivity index (χ3v) is 3.77. The minimum atomic E-state index is -0.445. The highest BCUT2D eigenvalue weighted by Gasteiger charge is 2.07. The van der Waals surface area contributed by atoms with Crippen molar-refractivity contribution in [3.8, 4) is 0 Å². The SMILES string of the molecule is CCc1ccccc1Nc1ccc(NC(=O)c2cccc(F)c2)cn1. The van der Waals surface area contributed by atoms with E-state index in [9.17, 15) is 9.18 Å². The van der Waals surface area contributed by atoms with Gasteiger partial charge in [0, 0.05) is 11.3 Å². The summed E-state index contributed by atoms with van der Waals surface area (Å²) in [5.74, 6) is -0.136. The van der Waals surface area contributed by atoms with E-state index in [2.05, 4.69) is 28.6 Å². The Hall–Kier alpha value is -3.21. The first kappa shape index (κ1) is 16.6. The van der Waals surface area contributed by atoms with E-state index in [4.69, 9.17) is 0 Å². The molecular formula is C20H18FN3O. The van der Waals surface area contributed by atoms with Gasteiger partial charge in [-0.3, -0.25) is 4.79 Å². The van der Waals surface area contributed by atoms with Crippen LogP contribution in [0.3, 0.4) is 0 Å². The van der Waals surface area contributed by atoms with Gasteiger partial charge in [-0.05, 0) is 48.4 Å². The van der Waals surface area contributed by atoms with E-state index in [1.165, 1.54) is 23.8 Å². The second-order valence-electron chi connectivity index (χ2n) is 5.53. The lowest BCUT2D eigenvalue weighted by molar-refractivity contribution is 0.102. The second kappa shape index (κ2) is 7.57. The van der Waals surface area contributed by atoms with Crippen LogP contribution in [0.5, 0.6) is 0 Å². The van der Waals surface area contributed by atoms with Crippen molar-refractivity contribution < 1.29 is 9.18 Å². The largest absolute Gasteiger partial charge is 0.340 e. The van der Waals surface area contributed by atoms with Crippen LogP contribution in [0, 0.1) is 5.82 Å². The van der Waals surface area contributed by atoms with Gasteiger partial charge in [0.25, 0.3) is 5.91 Å². The van der Waals surface area contributed by atoms with Crippen LogP contribution >= 0.6 is 0 Å². The molecule has 2 aromatic carbocycles. The van der Waals surface area contributed by atoms with Gasteiger partial charge in [-0.15, -0.1) is 0 Å². The molecule has 3 rings (SSSR count).